The summed E-state index contributed by atoms with van der Waals surface area (Å²) in [6.07, 6.45) is 3.34. The summed E-state index contributed by atoms with van der Waals surface area (Å²) in [5.41, 5.74) is 2.72. The first-order chi connectivity index (χ1) is 15.0. The lowest BCUT2D eigenvalue weighted by atomic mass is 9.91. The maximum absolute atomic E-state index is 13.4. The summed E-state index contributed by atoms with van der Waals surface area (Å²) in [5.74, 6) is 1.04. The highest BCUT2D eigenvalue weighted by Gasteiger charge is 2.37. The van der Waals surface area contributed by atoms with E-state index in [9.17, 15) is 4.79 Å². The quantitative estimate of drug-likeness (QED) is 0.488. The van der Waals surface area contributed by atoms with Crippen molar-refractivity contribution < 1.29 is 9.21 Å². The van der Waals surface area contributed by atoms with Crippen LogP contribution in [0.2, 0.25) is 0 Å². The van der Waals surface area contributed by atoms with Gasteiger partial charge in [-0.1, -0.05) is 18.2 Å². The average Bonchev–Trinajstić information content (AvgIpc) is 3.42. The number of aromatic nitrogens is 3. The Morgan fingerprint density at radius 2 is 2.03 bits per heavy atom. The average molecular weight is 547 g/mol. The van der Waals surface area contributed by atoms with Gasteiger partial charge in [0.25, 0.3) is 5.89 Å². The Balaban J connectivity index is 1.44. The zero-order chi connectivity index (χ0) is 21.5. The van der Waals surface area contributed by atoms with E-state index in [1.165, 1.54) is 0 Å². The van der Waals surface area contributed by atoms with Crippen LogP contribution in [0.5, 0.6) is 0 Å². The second-order valence-electron chi connectivity index (χ2n) is 8.16. The van der Waals surface area contributed by atoms with Crippen molar-refractivity contribution in [1.82, 2.24) is 20.1 Å². The van der Waals surface area contributed by atoms with E-state index >= 15 is 0 Å². The standard InChI is InChI=1S/C22H21Br2N5O2/c1-28-7-6-14(11-28)22(30)29-12-15(8-13-4-2-3-5-18(13)29)20-26-27-21(31-20)19-17(24)9-16(23)10-25-19/h2-5,9-10,14-15H,6-8,11-12H2,1H3. The molecule has 2 aromatic heterocycles. The van der Waals surface area contributed by atoms with Crippen molar-refractivity contribution in [2.75, 3.05) is 31.6 Å². The van der Waals surface area contributed by atoms with E-state index < -0.39 is 0 Å². The molecule has 4 heterocycles. The van der Waals surface area contributed by atoms with Gasteiger partial charge >= 0.3 is 0 Å². The van der Waals surface area contributed by atoms with Crippen LogP contribution in [0.25, 0.3) is 11.6 Å². The number of nitrogens with zero attached hydrogens (tertiary/aromatic N) is 5. The molecule has 0 spiro atoms. The predicted octanol–water partition coefficient (Wildman–Crippen LogP) is 4.28. The van der Waals surface area contributed by atoms with Gasteiger partial charge in [-0.05, 0) is 76.0 Å². The molecule has 0 radical (unpaired) electrons. The van der Waals surface area contributed by atoms with Crippen molar-refractivity contribution in [2.24, 2.45) is 5.92 Å². The summed E-state index contributed by atoms with van der Waals surface area (Å²) in [6.45, 7) is 2.29. The van der Waals surface area contributed by atoms with Gasteiger partial charge in [-0.2, -0.15) is 0 Å². The molecule has 3 aromatic rings. The predicted molar refractivity (Wildman–Crippen MR) is 124 cm³/mol. The second kappa shape index (κ2) is 8.44. The van der Waals surface area contributed by atoms with Gasteiger partial charge < -0.3 is 14.2 Å². The fourth-order valence-corrected chi connectivity index (χ4v) is 5.55. The Hall–Kier alpha value is -2.10. The van der Waals surface area contributed by atoms with Crippen LogP contribution in [0.15, 0.2) is 49.9 Å². The maximum Gasteiger partial charge on any atom is 0.267 e. The summed E-state index contributed by atoms with van der Waals surface area (Å²) < 4.78 is 7.67. The molecule has 1 aromatic carbocycles. The van der Waals surface area contributed by atoms with E-state index in [1.54, 1.807) is 6.20 Å². The van der Waals surface area contributed by atoms with E-state index in [4.69, 9.17) is 4.42 Å². The maximum atomic E-state index is 13.4. The number of hydrogen-bond acceptors (Lipinski definition) is 6. The van der Waals surface area contributed by atoms with Crippen molar-refractivity contribution >= 4 is 43.5 Å². The van der Waals surface area contributed by atoms with Crippen LogP contribution in [0.1, 0.15) is 23.8 Å². The van der Waals surface area contributed by atoms with Crippen molar-refractivity contribution in [1.29, 1.82) is 0 Å². The molecular formula is C22H21Br2N5O2. The number of para-hydroxylation sites is 1. The number of pyridine rings is 1. The van der Waals surface area contributed by atoms with Crippen LogP contribution in [0.4, 0.5) is 5.69 Å². The largest absolute Gasteiger partial charge is 0.419 e. The van der Waals surface area contributed by atoms with Crippen LogP contribution in [0.3, 0.4) is 0 Å². The summed E-state index contributed by atoms with van der Waals surface area (Å²) in [7, 11) is 2.06. The first-order valence-electron chi connectivity index (χ1n) is 10.2. The van der Waals surface area contributed by atoms with Crippen LogP contribution >= 0.6 is 31.9 Å². The lowest BCUT2D eigenvalue weighted by molar-refractivity contribution is -0.122. The first kappa shape index (κ1) is 20.8. The highest BCUT2D eigenvalue weighted by atomic mass is 79.9. The minimum absolute atomic E-state index is 0.0259. The molecule has 0 saturated carbocycles. The van der Waals surface area contributed by atoms with Gasteiger partial charge in [0.15, 0.2) is 0 Å². The molecule has 0 aliphatic carbocycles. The van der Waals surface area contributed by atoms with Crippen LogP contribution in [-0.4, -0.2) is 52.7 Å². The molecule has 1 amide bonds. The van der Waals surface area contributed by atoms with E-state index in [0.717, 1.165) is 46.1 Å². The molecule has 1 fully saturated rings. The normalized spacial score (nSPS) is 21.3. The molecule has 7 nitrogen and oxygen atoms in total. The molecule has 1 saturated heterocycles. The zero-order valence-corrected chi connectivity index (χ0v) is 20.1. The number of benzene rings is 1. The summed E-state index contributed by atoms with van der Waals surface area (Å²) in [6, 6.07) is 10.00. The van der Waals surface area contributed by atoms with Gasteiger partial charge in [-0.3, -0.25) is 4.79 Å². The SMILES string of the molecule is CN1CCC(C(=O)N2CC(c3nnc(-c4ncc(Br)cc4Br)o3)Cc3ccccc32)C1. The Morgan fingerprint density at radius 3 is 2.81 bits per heavy atom. The summed E-state index contributed by atoms with van der Waals surface area (Å²) >= 11 is 6.91. The van der Waals surface area contributed by atoms with E-state index in [-0.39, 0.29) is 17.7 Å². The Labute approximate surface area is 197 Å². The number of carbonyl (C=O) groups excluding carboxylic acids is 1. The third-order valence-corrected chi connectivity index (χ3v) is 7.00. The molecule has 2 aliphatic heterocycles. The van der Waals surface area contributed by atoms with Crippen LogP contribution in [-0.2, 0) is 11.2 Å². The number of carbonyl (C=O) groups is 1. The molecule has 9 heteroatoms. The van der Waals surface area contributed by atoms with Gasteiger partial charge in [0, 0.05) is 33.9 Å². The number of amides is 1. The van der Waals surface area contributed by atoms with E-state index in [2.05, 4.69) is 65.1 Å². The molecule has 2 aliphatic rings. The van der Waals surface area contributed by atoms with Gasteiger partial charge in [-0.25, -0.2) is 4.98 Å². The lowest BCUT2D eigenvalue weighted by Crippen LogP contribution is -2.43. The monoisotopic (exact) mass is 545 g/mol. The molecule has 0 N–H and O–H groups in total. The number of hydrogen-bond donors (Lipinski definition) is 0. The highest BCUT2D eigenvalue weighted by Crippen LogP contribution is 2.37. The van der Waals surface area contributed by atoms with Crippen molar-refractivity contribution in [3.05, 3.63) is 56.9 Å². The van der Waals surface area contributed by atoms with Crippen molar-refractivity contribution in [3.63, 3.8) is 0 Å². The topological polar surface area (TPSA) is 75.4 Å². The Morgan fingerprint density at radius 1 is 1.19 bits per heavy atom. The molecule has 5 rings (SSSR count). The van der Waals surface area contributed by atoms with Crippen LogP contribution in [0, 0.1) is 5.92 Å². The number of rotatable bonds is 3. The highest BCUT2D eigenvalue weighted by molar-refractivity contribution is 9.11. The van der Waals surface area contributed by atoms with Crippen LogP contribution < -0.4 is 4.90 Å². The number of anilines is 1. The number of halogens is 2. The zero-order valence-electron chi connectivity index (χ0n) is 17.0. The van der Waals surface area contributed by atoms with E-state index in [1.807, 2.05) is 29.2 Å². The smallest absolute Gasteiger partial charge is 0.267 e. The fourth-order valence-electron chi connectivity index (χ4n) is 4.39. The second-order valence-corrected chi connectivity index (χ2v) is 9.93. The molecule has 0 bridgehead atoms. The molecular weight excluding hydrogens is 526 g/mol. The van der Waals surface area contributed by atoms with Gasteiger partial charge in [-0.15, -0.1) is 10.2 Å². The molecule has 160 valence electrons. The third-order valence-electron chi connectivity index (χ3n) is 5.96. The van der Waals surface area contributed by atoms with Crippen molar-refractivity contribution in [3.8, 4) is 11.6 Å². The molecule has 31 heavy (non-hydrogen) atoms. The molecule has 2 unspecified atom stereocenters. The third kappa shape index (κ3) is 4.06. The minimum atomic E-state index is -0.0616. The van der Waals surface area contributed by atoms with Gasteiger partial charge in [0.05, 0.1) is 11.8 Å². The lowest BCUT2D eigenvalue weighted by Gasteiger charge is -2.34. The van der Waals surface area contributed by atoms with Gasteiger partial charge in [0.1, 0.15) is 5.69 Å². The Bertz CT molecular complexity index is 1130. The number of likely N-dealkylation sites (tertiary alicyclic amines) is 1. The first-order valence-corrected chi connectivity index (χ1v) is 11.8. The van der Waals surface area contributed by atoms with Crippen molar-refractivity contribution in [2.45, 2.75) is 18.8 Å². The number of fused-ring (bicyclic) bond motifs is 1. The fraction of sp³-hybridized carbons (Fsp3) is 0.364. The Kier molecular flexibility index (Phi) is 5.66. The summed E-state index contributed by atoms with van der Waals surface area (Å²) in [5, 5.41) is 8.55. The van der Waals surface area contributed by atoms with E-state index in [0.29, 0.717) is 24.0 Å². The minimum Gasteiger partial charge on any atom is -0.419 e. The van der Waals surface area contributed by atoms with Gasteiger partial charge in [0.2, 0.25) is 11.8 Å². The summed E-state index contributed by atoms with van der Waals surface area (Å²) in [4.78, 5) is 21.9. The molecule has 2 atom stereocenters.